The van der Waals surface area contributed by atoms with Gasteiger partial charge in [-0.2, -0.15) is 10.4 Å². The first-order valence-electron chi connectivity index (χ1n) is 6.69. The minimum absolute atomic E-state index is 0.168. The third-order valence-corrected chi connectivity index (χ3v) is 3.43. The lowest BCUT2D eigenvalue weighted by atomic mass is 10.1. The molecular weight excluding hydrogens is 276 g/mol. The van der Waals surface area contributed by atoms with Crippen LogP contribution in [0.25, 0.3) is 0 Å². The molecule has 0 bridgehead atoms. The van der Waals surface area contributed by atoms with Gasteiger partial charge in [-0.3, -0.25) is 4.79 Å². The largest absolute Gasteiger partial charge is 0.309 e. The second-order valence-corrected chi connectivity index (χ2v) is 4.81. The molecule has 0 fully saturated rings. The summed E-state index contributed by atoms with van der Waals surface area (Å²) in [6.45, 7) is 0. The van der Waals surface area contributed by atoms with Gasteiger partial charge in [0.2, 0.25) is 0 Å². The van der Waals surface area contributed by atoms with Crippen LogP contribution in [0.2, 0.25) is 0 Å². The number of hydrogen-bond acceptors (Lipinski definition) is 4. The van der Waals surface area contributed by atoms with Crippen molar-refractivity contribution in [1.82, 2.24) is 0 Å². The fraction of sp³-hybridized carbons (Fsp3) is 0.0588. The van der Waals surface area contributed by atoms with Crippen molar-refractivity contribution < 1.29 is 4.79 Å². The Morgan fingerprint density at radius 1 is 1.14 bits per heavy atom. The van der Waals surface area contributed by atoms with E-state index in [4.69, 9.17) is 5.26 Å². The van der Waals surface area contributed by atoms with Crippen molar-refractivity contribution in [3.05, 3.63) is 65.2 Å². The summed E-state index contributed by atoms with van der Waals surface area (Å²) in [5.74, 6) is -0.168. The molecule has 2 aromatic carbocycles. The van der Waals surface area contributed by atoms with Gasteiger partial charge in [-0.05, 0) is 23.8 Å². The second-order valence-electron chi connectivity index (χ2n) is 4.81. The van der Waals surface area contributed by atoms with E-state index in [1.807, 2.05) is 24.3 Å². The molecule has 22 heavy (non-hydrogen) atoms. The van der Waals surface area contributed by atoms with Crippen molar-refractivity contribution >= 4 is 23.5 Å². The Hall–Kier alpha value is -3.26. The van der Waals surface area contributed by atoms with Gasteiger partial charge >= 0.3 is 0 Å². The molecule has 0 spiro atoms. The molecule has 1 aliphatic rings. The number of hydrogen-bond donors (Lipinski definition) is 0. The summed E-state index contributed by atoms with van der Waals surface area (Å²) in [7, 11) is 1.72. The SMILES string of the molecule is CN1C(=O)/C(=N/N=C\c2ccc(C#N)cc2)c2ccccc21. The van der Waals surface area contributed by atoms with Crippen molar-refractivity contribution in [3.8, 4) is 6.07 Å². The average Bonchev–Trinajstić information content (AvgIpc) is 2.81. The number of para-hydroxylation sites is 1. The predicted octanol–water partition coefficient (Wildman–Crippen LogP) is 2.36. The van der Waals surface area contributed by atoms with E-state index in [1.165, 1.54) is 0 Å². The number of nitriles is 1. The standard InChI is InChI=1S/C17H12N4O/c1-21-15-5-3-2-4-14(15)16(17(21)22)20-19-11-13-8-6-12(10-18)7-9-13/h2-9,11H,1H3/b19-11-,20-16+. The number of rotatable bonds is 2. The number of likely N-dealkylation sites (N-methyl/N-ethyl adjacent to an activating group) is 1. The first kappa shape index (κ1) is 13.7. The highest BCUT2D eigenvalue weighted by atomic mass is 16.2. The van der Waals surface area contributed by atoms with Crippen LogP contribution in [0, 0.1) is 11.3 Å². The highest BCUT2D eigenvalue weighted by molar-refractivity contribution is 6.54. The molecule has 0 N–H and O–H groups in total. The van der Waals surface area contributed by atoms with Crippen LogP contribution < -0.4 is 4.90 Å². The fourth-order valence-corrected chi connectivity index (χ4v) is 2.24. The maximum atomic E-state index is 12.2. The van der Waals surface area contributed by atoms with E-state index in [9.17, 15) is 4.79 Å². The molecule has 5 heteroatoms. The fourth-order valence-electron chi connectivity index (χ4n) is 2.24. The van der Waals surface area contributed by atoms with Gasteiger partial charge in [0.1, 0.15) is 0 Å². The molecule has 0 unspecified atom stereocenters. The summed E-state index contributed by atoms with van der Waals surface area (Å²) >= 11 is 0. The van der Waals surface area contributed by atoms with E-state index in [2.05, 4.69) is 16.3 Å². The zero-order valence-electron chi connectivity index (χ0n) is 11.9. The minimum atomic E-state index is -0.168. The van der Waals surface area contributed by atoms with E-state index in [0.717, 1.165) is 16.8 Å². The van der Waals surface area contributed by atoms with Crippen LogP contribution in [0.15, 0.2) is 58.7 Å². The van der Waals surface area contributed by atoms with Crippen molar-refractivity contribution in [1.29, 1.82) is 5.26 Å². The van der Waals surface area contributed by atoms with E-state index < -0.39 is 0 Å². The lowest BCUT2D eigenvalue weighted by molar-refractivity contribution is -0.111. The second kappa shape index (κ2) is 5.62. The van der Waals surface area contributed by atoms with Crippen LogP contribution in [0.3, 0.4) is 0 Å². The molecule has 0 saturated heterocycles. The van der Waals surface area contributed by atoms with Gasteiger partial charge in [0, 0.05) is 12.6 Å². The summed E-state index contributed by atoms with van der Waals surface area (Å²) in [5, 5.41) is 16.8. The first-order valence-corrected chi connectivity index (χ1v) is 6.69. The molecule has 1 amide bonds. The quantitative estimate of drug-likeness (QED) is 0.628. The maximum Gasteiger partial charge on any atom is 0.279 e. The van der Waals surface area contributed by atoms with Crippen LogP contribution in [0.5, 0.6) is 0 Å². The van der Waals surface area contributed by atoms with Gasteiger partial charge in [-0.15, -0.1) is 5.10 Å². The molecular formula is C17H12N4O. The minimum Gasteiger partial charge on any atom is -0.309 e. The highest BCUT2D eigenvalue weighted by Gasteiger charge is 2.30. The molecule has 106 valence electrons. The number of anilines is 1. The van der Waals surface area contributed by atoms with E-state index in [1.54, 1.807) is 42.4 Å². The van der Waals surface area contributed by atoms with Crippen LogP contribution in [0.4, 0.5) is 5.69 Å². The number of carbonyl (C=O) groups excluding carboxylic acids is 1. The Kier molecular flexibility index (Phi) is 3.50. The third-order valence-electron chi connectivity index (χ3n) is 3.43. The zero-order chi connectivity index (χ0) is 15.5. The van der Waals surface area contributed by atoms with Gasteiger partial charge < -0.3 is 4.90 Å². The molecule has 3 rings (SSSR count). The van der Waals surface area contributed by atoms with Crippen LogP contribution in [0.1, 0.15) is 16.7 Å². The molecule has 5 nitrogen and oxygen atoms in total. The number of fused-ring (bicyclic) bond motifs is 1. The Morgan fingerprint density at radius 2 is 1.86 bits per heavy atom. The van der Waals surface area contributed by atoms with Gasteiger partial charge in [-0.1, -0.05) is 30.3 Å². The first-order chi connectivity index (χ1) is 10.7. The van der Waals surface area contributed by atoms with Gasteiger partial charge in [0.25, 0.3) is 5.91 Å². The maximum absolute atomic E-state index is 12.2. The van der Waals surface area contributed by atoms with E-state index in [-0.39, 0.29) is 5.91 Å². The number of benzene rings is 2. The average molecular weight is 288 g/mol. The summed E-state index contributed by atoms with van der Waals surface area (Å²) < 4.78 is 0. The summed E-state index contributed by atoms with van der Waals surface area (Å²) in [6.07, 6.45) is 1.56. The molecule has 2 aromatic rings. The van der Waals surface area contributed by atoms with E-state index >= 15 is 0 Å². The molecule has 0 saturated carbocycles. The molecule has 1 heterocycles. The van der Waals surface area contributed by atoms with Gasteiger partial charge in [0.05, 0.1) is 23.5 Å². The third kappa shape index (κ3) is 2.38. The van der Waals surface area contributed by atoms with Crippen LogP contribution in [-0.4, -0.2) is 24.9 Å². The summed E-state index contributed by atoms with van der Waals surface area (Å²) in [6, 6.07) is 16.5. The molecule has 0 aromatic heterocycles. The zero-order valence-corrected chi connectivity index (χ0v) is 11.9. The topological polar surface area (TPSA) is 68.8 Å². The number of nitrogens with zero attached hydrogens (tertiary/aromatic N) is 4. The molecule has 0 radical (unpaired) electrons. The van der Waals surface area contributed by atoms with Crippen molar-refractivity contribution in [2.45, 2.75) is 0 Å². The van der Waals surface area contributed by atoms with Crippen molar-refractivity contribution in [2.24, 2.45) is 10.2 Å². The predicted molar refractivity (Wildman–Crippen MR) is 85.1 cm³/mol. The van der Waals surface area contributed by atoms with Crippen LogP contribution >= 0.6 is 0 Å². The Balaban J connectivity index is 1.88. The molecule has 1 aliphatic heterocycles. The smallest absolute Gasteiger partial charge is 0.279 e. The lowest BCUT2D eigenvalue weighted by Crippen LogP contribution is -2.25. The normalized spacial score (nSPS) is 15.4. The molecule has 0 aliphatic carbocycles. The van der Waals surface area contributed by atoms with E-state index in [0.29, 0.717) is 11.3 Å². The number of amides is 1. The Morgan fingerprint density at radius 3 is 2.59 bits per heavy atom. The van der Waals surface area contributed by atoms with Crippen LogP contribution in [-0.2, 0) is 4.79 Å². The summed E-state index contributed by atoms with van der Waals surface area (Å²) in [4.78, 5) is 13.7. The van der Waals surface area contributed by atoms with Gasteiger partial charge in [0.15, 0.2) is 5.71 Å². The summed E-state index contributed by atoms with van der Waals surface area (Å²) in [5.41, 5.74) is 3.36. The lowest BCUT2D eigenvalue weighted by Gasteiger charge is -2.07. The van der Waals surface area contributed by atoms with Crippen molar-refractivity contribution in [2.75, 3.05) is 11.9 Å². The Labute approximate surface area is 127 Å². The number of carbonyl (C=O) groups is 1. The molecule has 0 atom stereocenters. The highest BCUT2D eigenvalue weighted by Crippen LogP contribution is 2.27. The monoisotopic (exact) mass is 288 g/mol. The van der Waals surface area contributed by atoms with Crippen molar-refractivity contribution in [3.63, 3.8) is 0 Å². The van der Waals surface area contributed by atoms with Gasteiger partial charge in [-0.25, -0.2) is 0 Å². The Bertz CT molecular complexity index is 828.